The van der Waals surface area contributed by atoms with Crippen molar-refractivity contribution in [3.8, 4) is 12.3 Å². The number of aromatic nitrogens is 1. The number of hydrogen-bond acceptors (Lipinski definition) is 4. The Hall–Kier alpha value is -4.15. The third kappa shape index (κ3) is 5.25. The summed E-state index contributed by atoms with van der Waals surface area (Å²) < 4.78 is 0. The summed E-state index contributed by atoms with van der Waals surface area (Å²) in [5, 5.41) is 14.2. The number of carbonyl (C=O) groups is 2. The first-order valence-corrected chi connectivity index (χ1v) is 11.1. The van der Waals surface area contributed by atoms with Crippen molar-refractivity contribution in [1.29, 1.82) is 5.41 Å². The number of terminal acetylenes is 1. The van der Waals surface area contributed by atoms with Gasteiger partial charge in [0.15, 0.2) is 0 Å². The number of carbonyl (C=O) groups excluding carboxylic acids is 2. The van der Waals surface area contributed by atoms with Gasteiger partial charge in [0, 0.05) is 41.0 Å². The molecule has 170 valence electrons. The van der Waals surface area contributed by atoms with Crippen LogP contribution < -0.4 is 10.6 Å². The molecule has 8 heteroatoms. The van der Waals surface area contributed by atoms with Crippen LogP contribution in [0.4, 0.5) is 11.5 Å². The Morgan fingerprint density at radius 1 is 0.971 bits per heavy atom. The molecule has 0 bridgehead atoms. The van der Waals surface area contributed by atoms with Crippen molar-refractivity contribution < 1.29 is 9.59 Å². The van der Waals surface area contributed by atoms with E-state index in [0.29, 0.717) is 33.5 Å². The van der Waals surface area contributed by atoms with Gasteiger partial charge in [0.2, 0.25) is 0 Å². The Kier molecular flexibility index (Phi) is 6.90. The maximum absolute atomic E-state index is 12.9. The third-order valence-electron chi connectivity index (χ3n) is 5.49. The number of nitrogens with one attached hydrogen (secondary N) is 3. The predicted octanol–water partition coefficient (Wildman–Crippen LogP) is 4.64. The highest BCUT2D eigenvalue weighted by molar-refractivity contribution is 6.31. The van der Waals surface area contributed by atoms with E-state index in [1.807, 2.05) is 4.90 Å². The summed E-state index contributed by atoms with van der Waals surface area (Å²) in [4.78, 5) is 31.9. The minimum absolute atomic E-state index is 0.191. The summed E-state index contributed by atoms with van der Waals surface area (Å²) in [6.07, 6.45) is 8.98. The minimum Gasteiger partial charge on any atom is -0.357 e. The van der Waals surface area contributed by atoms with Gasteiger partial charge in [0.25, 0.3) is 11.8 Å². The van der Waals surface area contributed by atoms with Crippen molar-refractivity contribution in [1.82, 2.24) is 9.88 Å². The zero-order chi connectivity index (χ0) is 24.1. The lowest BCUT2D eigenvalue weighted by Crippen LogP contribution is -2.27. The van der Waals surface area contributed by atoms with Crippen molar-refractivity contribution in [2.45, 2.75) is 12.8 Å². The van der Waals surface area contributed by atoms with E-state index in [2.05, 4.69) is 21.5 Å². The van der Waals surface area contributed by atoms with E-state index in [0.717, 1.165) is 31.5 Å². The van der Waals surface area contributed by atoms with Crippen LogP contribution in [0, 0.1) is 17.8 Å². The SMILES string of the molecule is C#Cc1ccc(NC(=O)c2cc(Cl)ccc2NC(=O)c2ccc(C(=N)N3CCCC3)cc2)nc1. The van der Waals surface area contributed by atoms with Gasteiger partial charge in [-0.3, -0.25) is 15.0 Å². The molecule has 0 atom stereocenters. The highest BCUT2D eigenvalue weighted by Crippen LogP contribution is 2.23. The molecule has 34 heavy (non-hydrogen) atoms. The number of rotatable bonds is 5. The molecule has 0 aliphatic carbocycles. The Bertz CT molecular complexity index is 1270. The van der Waals surface area contributed by atoms with Gasteiger partial charge in [-0.2, -0.15) is 0 Å². The summed E-state index contributed by atoms with van der Waals surface area (Å²) in [6, 6.07) is 14.8. The van der Waals surface area contributed by atoms with Gasteiger partial charge in [-0.1, -0.05) is 29.7 Å². The fourth-order valence-electron chi connectivity index (χ4n) is 3.65. The molecular weight excluding hydrogens is 450 g/mol. The summed E-state index contributed by atoms with van der Waals surface area (Å²) in [5.74, 6) is 2.38. The molecule has 0 spiro atoms. The zero-order valence-corrected chi connectivity index (χ0v) is 19.0. The van der Waals surface area contributed by atoms with Gasteiger partial charge in [-0.15, -0.1) is 6.42 Å². The van der Waals surface area contributed by atoms with Crippen LogP contribution in [0.3, 0.4) is 0 Å². The molecule has 2 aromatic carbocycles. The fraction of sp³-hybridized carbons (Fsp3) is 0.154. The molecule has 1 fully saturated rings. The van der Waals surface area contributed by atoms with Crippen LogP contribution >= 0.6 is 11.6 Å². The minimum atomic E-state index is -0.479. The van der Waals surface area contributed by atoms with Crippen LogP contribution in [-0.2, 0) is 0 Å². The Morgan fingerprint density at radius 3 is 2.32 bits per heavy atom. The second-order valence-corrected chi connectivity index (χ2v) is 8.23. The van der Waals surface area contributed by atoms with Crippen molar-refractivity contribution >= 4 is 40.8 Å². The molecule has 4 rings (SSSR count). The Labute approximate surface area is 202 Å². The van der Waals surface area contributed by atoms with Crippen LogP contribution in [0.25, 0.3) is 0 Å². The van der Waals surface area contributed by atoms with E-state index in [-0.39, 0.29) is 11.5 Å². The maximum atomic E-state index is 12.9. The number of benzene rings is 2. The quantitative estimate of drug-likeness (QED) is 0.287. The van der Waals surface area contributed by atoms with Gasteiger partial charge in [-0.05, 0) is 55.3 Å². The molecule has 1 saturated heterocycles. The zero-order valence-electron chi connectivity index (χ0n) is 18.3. The number of amides is 2. The number of likely N-dealkylation sites (tertiary alicyclic amines) is 1. The van der Waals surface area contributed by atoms with E-state index >= 15 is 0 Å². The van der Waals surface area contributed by atoms with E-state index in [1.54, 1.807) is 48.5 Å². The van der Waals surface area contributed by atoms with E-state index in [9.17, 15) is 9.59 Å². The normalized spacial score (nSPS) is 12.6. The molecule has 3 aromatic rings. The molecule has 0 saturated carbocycles. The molecule has 1 aliphatic heterocycles. The number of amidine groups is 1. The lowest BCUT2D eigenvalue weighted by atomic mass is 10.1. The molecule has 1 aliphatic rings. The predicted molar refractivity (Wildman–Crippen MR) is 134 cm³/mol. The highest BCUT2D eigenvalue weighted by atomic mass is 35.5. The highest BCUT2D eigenvalue weighted by Gasteiger charge is 2.18. The van der Waals surface area contributed by atoms with Crippen LogP contribution in [0.15, 0.2) is 60.8 Å². The van der Waals surface area contributed by atoms with Crippen LogP contribution in [-0.4, -0.2) is 40.6 Å². The first-order chi connectivity index (χ1) is 16.4. The standard InChI is InChI=1S/C26H22ClN5O2/c1-2-17-5-12-23(29-16-17)31-26(34)21-15-20(27)10-11-22(21)30-25(33)19-8-6-18(7-9-19)24(28)32-13-3-4-14-32/h1,5-12,15-16,28H,3-4,13-14H2,(H,30,33)(H,29,31,34). The van der Waals surface area contributed by atoms with Gasteiger partial charge < -0.3 is 15.5 Å². The van der Waals surface area contributed by atoms with Gasteiger partial charge in [0.05, 0.1) is 11.3 Å². The molecule has 2 heterocycles. The maximum Gasteiger partial charge on any atom is 0.258 e. The number of hydrogen-bond donors (Lipinski definition) is 3. The number of pyridine rings is 1. The molecular formula is C26H22ClN5O2. The molecule has 2 amide bonds. The first-order valence-electron chi connectivity index (χ1n) is 10.7. The van der Waals surface area contributed by atoms with Crippen molar-refractivity contribution in [2.24, 2.45) is 0 Å². The van der Waals surface area contributed by atoms with Crippen molar-refractivity contribution in [3.63, 3.8) is 0 Å². The second kappa shape index (κ2) is 10.2. The largest absolute Gasteiger partial charge is 0.357 e. The van der Waals surface area contributed by atoms with Gasteiger partial charge >= 0.3 is 0 Å². The number of anilines is 2. The fourth-order valence-corrected chi connectivity index (χ4v) is 3.82. The Balaban J connectivity index is 1.48. The molecule has 0 radical (unpaired) electrons. The number of halogens is 1. The molecule has 7 nitrogen and oxygen atoms in total. The average Bonchev–Trinajstić information content (AvgIpc) is 3.40. The van der Waals surface area contributed by atoms with Crippen LogP contribution in [0.1, 0.15) is 44.7 Å². The molecule has 1 aromatic heterocycles. The van der Waals surface area contributed by atoms with E-state index in [4.69, 9.17) is 23.4 Å². The lowest BCUT2D eigenvalue weighted by molar-refractivity contribution is 0.102. The smallest absolute Gasteiger partial charge is 0.258 e. The topological polar surface area (TPSA) is 98.2 Å². The summed E-state index contributed by atoms with van der Waals surface area (Å²) >= 11 is 6.10. The number of nitrogens with zero attached hydrogens (tertiary/aromatic N) is 2. The third-order valence-corrected chi connectivity index (χ3v) is 5.72. The van der Waals surface area contributed by atoms with Gasteiger partial charge in [0.1, 0.15) is 11.7 Å². The van der Waals surface area contributed by atoms with E-state index in [1.165, 1.54) is 12.3 Å². The summed E-state index contributed by atoms with van der Waals surface area (Å²) in [5.41, 5.74) is 2.26. The Morgan fingerprint density at radius 2 is 1.68 bits per heavy atom. The van der Waals surface area contributed by atoms with Gasteiger partial charge in [-0.25, -0.2) is 4.98 Å². The molecule has 0 unspecified atom stereocenters. The average molecular weight is 472 g/mol. The summed E-state index contributed by atoms with van der Waals surface area (Å²) in [6.45, 7) is 1.76. The molecule has 3 N–H and O–H groups in total. The van der Waals surface area contributed by atoms with Crippen molar-refractivity contribution in [2.75, 3.05) is 23.7 Å². The van der Waals surface area contributed by atoms with Crippen LogP contribution in [0.2, 0.25) is 5.02 Å². The second-order valence-electron chi connectivity index (χ2n) is 7.79. The van der Waals surface area contributed by atoms with Crippen molar-refractivity contribution in [3.05, 3.63) is 88.1 Å². The summed E-state index contributed by atoms with van der Waals surface area (Å²) in [7, 11) is 0. The lowest BCUT2D eigenvalue weighted by Gasteiger charge is -2.18. The monoisotopic (exact) mass is 471 g/mol. The first kappa shape index (κ1) is 23.0. The van der Waals surface area contributed by atoms with Crippen LogP contribution in [0.5, 0.6) is 0 Å². The van der Waals surface area contributed by atoms with E-state index < -0.39 is 5.91 Å².